The highest BCUT2D eigenvalue weighted by Gasteiger charge is 2.39. The van der Waals surface area contributed by atoms with Crippen molar-refractivity contribution in [2.45, 2.75) is 18.6 Å². The van der Waals surface area contributed by atoms with E-state index in [1.54, 1.807) is 24.3 Å². The molecule has 0 heterocycles. The zero-order valence-corrected chi connectivity index (χ0v) is 13.8. The van der Waals surface area contributed by atoms with Gasteiger partial charge in [0.05, 0.1) is 16.0 Å². The van der Waals surface area contributed by atoms with Gasteiger partial charge in [0, 0.05) is 6.54 Å². The fourth-order valence-corrected chi connectivity index (χ4v) is 2.64. The van der Waals surface area contributed by atoms with E-state index in [0.717, 1.165) is 23.8 Å². The van der Waals surface area contributed by atoms with E-state index in [-0.39, 0.29) is 5.56 Å². The third-order valence-corrected chi connectivity index (χ3v) is 3.96. The normalized spacial score (nSPS) is 13.5. The molecule has 0 aliphatic rings. The van der Waals surface area contributed by atoms with Crippen LogP contribution < -0.4 is 5.73 Å². The number of halogens is 6. The second-order valence-electron chi connectivity index (χ2n) is 5.12. The maximum atomic E-state index is 13.4. The molecular formula is C17H13Cl2F4N. The second-order valence-corrected chi connectivity index (χ2v) is 5.94. The molecule has 0 aliphatic heterocycles. The van der Waals surface area contributed by atoms with Gasteiger partial charge in [-0.25, -0.2) is 4.39 Å². The average Bonchev–Trinajstić information content (AvgIpc) is 2.52. The lowest BCUT2D eigenvalue weighted by Gasteiger charge is -2.18. The van der Waals surface area contributed by atoms with Gasteiger partial charge in [0.15, 0.2) is 5.82 Å². The summed E-state index contributed by atoms with van der Waals surface area (Å²) in [4.78, 5) is 0. The minimum atomic E-state index is -4.57. The fourth-order valence-electron chi connectivity index (χ4n) is 2.14. The molecule has 24 heavy (non-hydrogen) atoms. The summed E-state index contributed by atoms with van der Waals surface area (Å²) in [7, 11) is 0. The Morgan fingerprint density at radius 2 is 1.58 bits per heavy atom. The van der Waals surface area contributed by atoms with Crippen molar-refractivity contribution in [2.75, 3.05) is 0 Å². The molecule has 0 saturated carbocycles. The zero-order valence-electron chi connectivity index (χ0n) is 12.2. The molecule has 2 aromatic carbocycles. The molecule has 1 atom stereocenters. The predicted molar refractivity (Wildman–Crippen MR) is 88.6 cm³/mol. The Kier molecular flexibility index (Phi) is 5.91. The van der Waals surface area contributed by atoms with E-state index in [9.17, 15) is 17.6 Å². The molecule has 1 nitrogen and oxygen atoms in total. The van der Waals surface area contributed by atoms with Crippen LogP contribution in [0.15, 0.2) is 42.5 Å². The molecule has 2 aromatic rings. The summed E-state index contributed by atoms with van der Waals surface area (Å²) in [5.41, 5.74) is 6.70. The van der Waals surface area contributed by atoms with Crippen LogP contribution in [0.3, 0.4) is 0 Å². The number of allylic oxidation sites excluding steroid dienone is 1. The summed E-state index contributed by atoms with van der Waals surface area (Å²) in [5, 5.41) is -0.903. The van der Waals surface area contributed by atoms with E-state index < -0.39 is 28.0 Å². The van der Waals surface area contributed by atoms with Gasteiger partial charge in [-0.3, -0.25) is 0 Å². The predicted octanol–water partition coefficient (Wildman–Crippen LogP) is 5.95. The first-order chi connectivity index (χ1) is 11.2. The van der Waals surface area contributed by atoms with Gasteiger partial charge in [-0.2, -0.15) is 13.2 Å². The minimum absolute atomic E-state index is 0.228. The maximum Gasteiger partial charge on any atom is 0.399 e. The van der Waals surface area contributed by atoms with E-state index in [2.05, 4.69) is 0 Å². The first-order valence-corrected chi connectivity index (χ1v) is 7.66. The number of nitrogens with two attached hydrogens (primary N) is 1. The van der Waals surface area contributed by atoms with Crippen LogP contribution in [-0.4, -0.2) is 6.18 Å². The Bertz CT molecular complexity index is 716. The summed E-state index contributed by atoms with van der Waals surface area (Å²) in [6.45, 7) is 0.349. The first kappa shape index (κ1) is 18.8. The monoisotopic (exact) mass is 377 g/mol. The van der Waals surface area contributed by atoms with Crippen molar-refractivity contribution in [1.29, 1.82) is 0 Å². The SMILES string of the molecule is NCc1ccc(C=CC(c2cc(Cl)c(F)c(Cl)c2)C(F)(F)F)cc1. The van der Waals surface area contributed by atoms with Crippen molar-refractivity contribution in [3.05, 3.63) is 75.0 Å². The van der Waals surface area contributed by atoms with E-state index in [4.69, 9.17) is 28.9 Å². The van der Waals surface area contributed by atoms with Crippen molar-refractivity contribution >= 4 is 29.3 Å². The van der Waals surface area contributed by atoms with Gasteiger partial charge in [-0.05, 0) is 28.8 Å². The summed E-state index contributed by atoms with van der Waals surface area (Å²) >= 11 is 11.2. The number of rotatable bonds is 4. The van der Waals surface area contributed by atoms with Gasteiger partial charge >= 0.3 is 6.18 Å². The first-order valence-electron chi connectivity index (χ1n) is 6.90. The highest BCUT2D eigenvalue weighted by Crippen LogP contribution is 2.39. The molecule has 1 unspecified atom stereocenters. The Morgan fingerprint density at radius 1 is 1.04 bits per heavy atom. The van der Waals surface area contributed by atoms with Crippen LogP contribution >= 0.6 is 23.2 Å². The average molecular weight is 378 g/mol. The van der Waals surface area contributed by atoms with E-state index in [1.165, 1.54) is 6.08 Å². The number of hydrogen-bond donors (Lipinski definition) is 1. The highest BCUT2D eigenvalue weighted by atomic mass is 35.5. The van der Waals surface area contributed by atoms with Gasteiger partial charge in [0.25, 0.3) is 0 Å². The Balaban J connectivity index is 2.37. The maximum absolute atomic E-state index is 13.4. The lowest BCUT2D eigenvalue weighted by molar-refractivity contribution is -0.139. The molecule has 2 N–H and O–H groups in total. The van der Waals surface area contributed by atoms with E-state index in [0.29, 0.717) is 12.1 Å². The third kappa shape index (κ3) is 4.50. The quantitative estimate of drug-likeness (QED) is 0.516. The molecule has 128 valence electrons. The fraction of sp³-hybridized carbons (Fsp3) is 0.176. The van der Waals surface area contributed by atoms with Crippen LogP contribution in [0.2, 0.25) is 10.0 Å². The van der Waals surface area contributed by atoms with Crippen LogP contribution in [0.4, 0.5) is 17.6 Å². The molecule has 0 fully saturated rings. The zero-order chi connectivity index (χ0) is 17.9. The number of alkyl halides is 3. The highest BCUT2D eigenvalue weighted by molar-refractivity contribution is 6.35. The van der Waals surface area contributed by atoms with Crippen LogP contribution in [-0.2, 0) is 6.54 Å². The van der Waals surface area contributed by atoms with Gasteiger partial charge in [0.2, 0.25) is 0 Å². The number of benzene rings is 2. The van der Waals surface area contributed by atoms with Crippen LogP contribution in [0.5, 0.6) is 0 Å². The van der Waals surface area contributed by atoms with Gasteiger partial charge < -0.3 is 5.73 Å². The molecule has 0 radical (unpaired) electrons. The lowest BCUT2D eigenvalue weighted by atomic mass is 9.97. The largest absolute Gasteiger partial charge is 0.399 e. The van der Waals surface area contributed by atoms with Crippen LogP contribution in [0.25, 0.3) is 6.08 Å². The van der Waals surface area contributed by atoms with Crippen molar-refractivity contribution in [1.82, 2.24) is 0 Å². The second kappa shape index (κ2) is 7.55. The van der Waals surface area contributed by atoms with Gasteiger partial charge in [0.1, 0.15) is 0 Å². The standard InChI is InChI=1S/C17H13Cl2F4N/c18-14-7-12(8-15(19)16(14)20)13(17(21,22)23)6-5-10-1-3-11(9-24)4-2-10/h1-8,13H,9,24H2. The summed E-state index contributed by atoms with van der Waals surface area (Å²) in [5.74, 6) is -2.90. The molecule has 0 aromatic heterocycles. The Labute approximate surface area is 146 Å². The van der Waals surface area contributed by atoms with Crippen molar-refractivity contribution in [3.8, 4) is 0 Å². The van der Waals surface area contributed by atoms with Crippen molar-refractivity contribution in [3.63, 3.8) is 0 Å². The summed E-state index contributed by atoms with van der Waals surface area (Å²) in [6, 6.07) is 8.65. The summed E-state index contributed by atoms with van der Waals surface area (Å²) in [6.07, 6.45) is -2.25. The van der Waals surface area contributed by atoms with Gasteiger partial charge in [-0.1, -0.05) is 59.6 Å². The Morgan fingerprint density at radius 3 is 2.04 bits per heavy atom. The smallest absolute Gasteiger partial charge is 0.326 e. The molecule has 0 aliphatic carbocycles. The molecule has 0 spiro atoms. The van der Waals surface area contributed by atoms with Crippen molar-refractivity contribution in [2.24, 2.45) is 5.73 Å². The minimum Gasteiger partial charge on any atom is -0.326 e. The van der Waals surface area contributed by atoms with Crippen molar-refractivity contribution < 1.29 is 17.6 Å². The molecule has 0 bridgehead atoms. The molecule has 0 amide bonds. The lowest BCUT2D eigenvalue weighted by Crippen LogP contribution is -2.19. The van der Waals surface area contributed by atoms with E-state index in [1.807, 2.05) is 0 Å². The van der Waals surface area contributed by atoms with Gasteiger partial charge in [-0.15, -0.1) is 0 Å². The molecule has 2 rings (SSSR count). The third-order valence-electron chi connectivity index (χ3n) is 3.41. The van der Waals surface area contributed by atoms with Crippen LogP contribution in [0.1, 0.15) is 22.6 Å². The summed E-state index contributed by atoms with van der Waals surface area (Å²) < 4.78 is 53.4. The molecular weight excluding hydrogens is 365 g/mol. The Hall–Kier alpha value is -1.56. The van der Waals surface area contributed by atoms with Crippen LogP contribution in [0, 0.1) is 5.82 Å². The topological polar surface area (TPSA) is 26.0 Å². The van der Waals surface area contributed by atoms with E-state index >= 15 is 0 Å². The number of hydrogen-bond acceptors (Lipinski definition) is 1. The molecule has 7 heteroatoms. The molecule has 0 saturated heterocycles.